The molecule has 1 rings (SSSR count). The van der Waals surface area contributed by atoms with Crippen molar-refractivity contribution < 1.29 is 9.53 Å². The van der Waals surface area contributed by atoms with Crippen molar-refractivity contribution in [1.82, 2.24) is 0 Å². The fourth-order valence-corrected chi connectivity index (χ4v) is 2.07. The number of esters is 1. The Labute approximate surface area is 130 Å². The molecule has 0 bridgehead atoms. The molecule has 2 nitrogen and oxygen atoms in total. The molecule has 0 saturated heterocycles. The van der Waals surface area contributed by atoms with E-state index in [0.29, 0.717) is 6.42 Å². The van der Waals surface area contributed by atoms with Gasteiger partial charge in [0.25, 0.3) is 0 Å². The fourth-order valence-electron chi connectivity index (χ4n) is 2.07. The highest BCUT2D eigenvalue weighted by atomic mass is 16.5. The molecule has 0 aromatic heterocycles. The maximum absolute atomic E-state index is 10.8. The van der Waals surface area contributed by atoms with Crippen molar-refractivity contribution in [2.75, 3.05) is 7.11 Å². The Morgan fingerprint density at radius 2 is 1.10 bits per heavy atom. The summed E-state index contributed by atoms with van der Waals surface area (Å²) in [6, 6.07) is 12.0. The van der Waals surface area contributed by atoms with E-state index < -0.39 is 0 Å². The minimum atomic E-state index is -0.0713. The Hall–Kier alpha value is -1.31. The second-order valence-electron chi connectivity index (χ2n) is 5.31. The van der Waals surface area contributed by atoms with Crippen molar-refractivity contribution in [2.24, 2.45) is 0 Å². The topological polar surface area (TPSA) is 26.3 Å². The van der Waals surface area contributed by atoms with Crippen LogP contribution >= 0.6 is 0 Å². The van der Waals surface area contributed by atoms with E-state index in [1.54, 1.807) is 0 Å². The maximum atomic E-state index is 10.8. The number of methoxy groups -OCH3 is 1. The van der Waals surface area contributed by atoms with Gasteiger partial charge in [0.2, 0.25) is 0 Å². The number of ether oxygens (including phenoxy) is 1. The molecule has 0 aliphatic rings. The highest BCUT2D eigenvalue weighted by molar-refractivity contribution is 5.68. The van der Waals surface area contributed by atoms with Crippen molar-refractivity contribution in [3.05, 3.63) is 36.4 Å². The van der Waals surface area contributed by atoms with Gasteiger partial charge in [0.1, 0.15) is 0 Å². The molecule has 0 heterocycles. The van der Waals surface area contributed by atoms with Crippen LogP contribution in [0, 0.1) is 0 Å². The molecule has 0 atom stereocenters. The number of carbonyl (C=O) groups is 1. The Morgan fingerprint density at radius 3 is 1.48 bits per heavy atom. The Kier molecular flexibility index (Phi) is 15.7. The van der Waals surface area contributed by atoms with E-state index in [2.05, 4.69) is 11.7 Å². The van der Waals surface area contributed by atoms with Gasteiger partial charge < -0.3 is 4.74 Å². The standard InChI is InChI=1S/C13H26O2.C6H6/c1-3-4-5-6-7-8-9-10-11-12-13(14)15-2;1-2-4-6-5-3-1/h3-12H2,1-2H3;1-6H. The molecule has 120 valence electrons. The molecule has 0 amide bonds. The predicted octanol–water partition coefficient (Wildman–Crippen LogP) is 5.77. The Morgan fingerprint density at radius 1 is 0.714 bits per heavy atom. The zero-order valence-corrected chi connectivity index (χ0v) is 13.9. The molecule has 0 aliphatic heterocycles. The van der Waals surface area contributed by atoms with E-state index in [-0.39, 0.29) is 5.97 Å². The minimum absolute atomic E-state index is 0.0713. The summed E-state index contributed by atoms with van der Waals surface area (Å²) in [4.78, 5) is 10.8. The first-order valence-corrected chi connectivity index (χ1v) is 8.38. The first-order valence-electron chi connectivity index (χ1n) is 8.38. The molecular weight excluding hydrogens is 260 g/mol. The first kappa shape index (κ1) is 19.7. The van der Waals surface area contributed by atoms with E-state index in [4.69, 9.17) is 0 Å². The third-order valence-corrected chi connectivity index (χ3v) is 3.38. The number of unbranched alkanes of at least 4 members (excludes halogenated alkanes) is 8. The monoisotopic (exact) mass is 292 g/mol. The summed E-state index contributed by atoms with van der Waals surface area (Å²) in [7, 11) is 1.45. The second kappa shape index (κ2) is 16.7. The number of benzene rings is 1. The Balaban J connectivity index is 0.000000547. The van der Waals surface area contributed by atoms with Gasteiger partial charge >= 0.3 is 5.97 Å². The van der Waals surface area contributed by atoms with Crippen molar-refractivity contribution in [2.45, 2.75) is 71.1 Å². The first-order chi connectivity index (χ1) is 10.3. The normalized spacial score (nSPS) is 9.62. The van der Waals surface area contributed by atoms with Crippen molar-refractivity contribution in [3.63, 3.8) is 0 Å². The predicted molar refractivity (Wildman–Crippen MR) is 90.3 cm³/mol. The number of carbonyl (C=O) groups excluding carboxylic acids is 1. The lowest BCUT2D eigenvalue weighted by atomic mass is 10.1. The lowest BCUT2D eigenvalue weighted by Crippen LogP contribution is -1.99. The molecule has 21 heavy (non-hydrogen) atoms. The SMILES string of the molecule is CCCCCCCCCCCC(=O)OC.c1ccccc1. The van der Waals surface area contributed by atoms with E-state index in [1.807, 2.05) is 36.4 Å². The van der Waals surface area contributed by atoms with Crippen LogP contribution in [0.2, 0.25) is 0 Å². The lowest BCUT2D eigenvalue weighted by Gasteiger charge is -2.01. The zero-order valence-electron chi connectivity index (χ0n) is 13.9. The Bertz CT molecular complexity index is 282. The molecule has 0 fully saturated rings. The smallest absolute Gasteiger partial charge is 0.305 e. The van der Waals surface area contributed by atoms with Crippen LogP contribution in [0.4, 0.5) is 0 Å². The molecule has 0 saturated carbocycles. The molecule has 0 radical (unpaired) electrons. The maximum Gasteiger partial charge on any atom is 0.305 e. The van der Waals surface area contributed by atoms with E-state index in [9.17, 15) is 4.79 Å². The van der Waals surface area contributed by atoms with E-state index in [1.165, 1.54) is 58.5 Å². The highest BCUT2D eigenvalue weighted by Crippen LogP contribution is 2.10. The van der Waals surface area contributed by atoms with E-state index >= 15 is 0 Å². The van der Waals surface area contributed by atoms with Gasteiger partial charge in [-0.15, -0.1) is 0 Å². The number of rotatable bonds is 10. The van der Waals surface area contributed by atoms with Crippen LogP contribution in [0.3, 0.4) is 0 Å². The largest absolute Gasteiger partial charge is 0.469 e. The molecular formula is C19H32O2. The summed E-state index contributed by atoms with van der Waals surface area (Å²) in [5.74, 6) is -0.0713. The van der Waals surface area contributed by atoms with Gasteiger partial charge in [-0.3, -0.25) is 4.79 Å². The van der Waals surface area contributed by atoms with Gasteiger partial charge in [-0.25, -0.2) is 0 Å². The molecule has 2 heteroatoms. The van der Waals surface area contributed by atoms with Gasteiger partial charge in [-0.05, 0) is 6.42 Å². The number of hydrogen-bond acceptors (Lipinski definition) is 2. The molecule has 1 aromatic rings. The molecule has 0 spiro atoms. The van der Waals surface area contributed by atoms with Crippen LogP contribution in [0.5, 0.6) is 0 Å². The van der Waals surface area contributed by atoms with Crippen LogP contribution in [0.25, 0.3) is 0 Å². The third-order valence-electron chi connectivity index (χ3n) is 3.38. The molecule has 1 aromatic carbocycles. The summed E-state index contributed by atoms with van der Waals surface area (Å²) in [6.07, 6.45) is 12.2. The summed E-state index contributed by atoms with van der Waals surface area (Å²) in [6.45, 7) is 2.24. The zero-order chi connectivity index (χ0) is 15.6. The minimum Gasteiger partial charge on any atom is -0.469 e. The van der Waals surface area contributed by atoms with Gasteiger partial charge in [0.05, 0.1) is 7.11 Å². The van der Waals surface area contributed by atoms with E-state index in [0.717, 1.165) is 6.42 Å². The second-order valence-corrected chi connectivity index (χ2v) is 5.31. The summed E-state index contributed by atoms with van der Waals surface area (Å²) in [5, 5.41) is 0. The highest BCUT2D eigenvalue weighted by Gasteiger charge is 1.98. The quantitative estimate of drug-likeness (QED) is 0.404. The van der Waals surface area contributed by atoms with Gasteiger partial charge in [-0.1, -0.05) is 94.7 Å². The summed E-state index contributed by atoms with van der Waals surface area (Å²) in [5.41, 5.74) is 0. The summed E-state index contributed by atoms with van der Waals surface area (Å²) < 4.78 is 4.58. The van der Waals surface area contributed by atoms with Crippen LogP contribution in [-0.4, -0.2) is 13.1 Å². The third kappa shape index (κ3) is 16.6. The van der Waals surface area contributed by atoms with Crippen LogP contribution in [0.15, 0.2) is 36.4 Å². The van der Waals surface area contributed by atoms with Crippen LogP contribution in [-0.2, 0) is 9.53 Å². The molecule has 0 aliphatic carbocycles. The summed E-state index contributed by atoms with van der Waals surface area (Å²) >= 11 is 0. The molecule has 0 unspecified atom stereocenters. The van der Waals surface area contributed by atoms with Gasteiger partial charge in [-0.2, -0.15) is 0 Å². The van der Waals surface area contributed by atoms with Crippen LogP contribution < -0.4 is 0 Å². The van der Waals surface area contributed by atoms with Crippen molar-refractivity contribution in [1.29, 1.82) is 0 Å². The van der Waals surface area contributed by atoms with Gasteiger partial charge in [0, 0.05) is 6.42 Å². The average molecular weight is 292 g/mol. The average Bonchev–Trinajstić information content (AvgIpc) is 2.55. The lowest BCUT2D eigenvalue weighted by molar-refractivity contribution is -0.140. The van der Waals surface area contributed by atoms with Crippen molar-refractivity contribution in [3.8, 4) is 0 Å². The molecule has 0 N–H and O–H groups in total. The van der Waals surface area contributed by atoms with Crippen LogP contribution in [0.1, 0.15) is 71.1 Å². The van der Waals surface area contributed by atoms with Crippen molar-refractivity contribution >= 4 is 5.97 Å². The fraction of sp³-hybridized carbons (Fsp3) is 0.632. The number of hydrogen-bond donors (Lipinski definition) is 0. The van der Waals surface area contributed by atoms with Gasteiger partial charge in [0.15, 0.2) is 0 Å².